The first kappa shape index (κ1) is 22.6. The monoisotopic (exact) mass is 518 g/mol. The second-order valence-corrected chi connectivity index (χ2v) is 12.4. The largest absolute Gasteiger partial charge is 0.264 e. The van der Waals surface area contributed by atoms with E-state index in [1.807, 2.05) is 42.6 Å². The van der Waals surface area contributed by atoms with Crippen LogP contribution in [0.5, 0.6) is 0 Å². The predicted octanol–water partition coefficient (Wildman–Crippen LogP) is 7.99. The van der Waals surface area contributed by atoms with E-state index in [0.29, 0.717) is 17.5 Å². The smallest absolute Gasteiger partial charge is 0.164 e. The first-order valence-electron chi connectivity index (χ1n) is 14.7. The maximum atomic E-state index is 5.02. The molecule has 4 nitrogen and oxygen atoms in total. The minimum atomic E-state index is 0.142. The molecule has 2 aromatic heterocycles. The number of hydrogen-bond acceptors (Lipinski definition) is 4. The Hall–Kier alpha value is -4.18. The summed E-state index contributed by atoms with van der Waals surface area (Å²) >= 11 is 0. The van der Waals surface area contributed by atoms with Crippen molar-refractivity contribution in [3.05, 3.63) is 108 Å². The van der Waals surface area contributed by atoms with Gasteiger partial charge in [0.2, 0.25) is 0 Å². The molecule has 4 fully saturated rings. The number of aromatic nitrogens is 4. The third kappa shape index (κ3) is 3.13. The van der Waals surface area contributed by atoms with Crippen molar-refractivity contribution in [1.82, 2.24) is 19.9 Å². The zero-order valence-electron chi connectivity index (χ0n) is 22.4. The van der Waals surface area contributed by atoms with Crippen molar-refractivity contribution in [2.75, 3.05) is 0 Å². The van der Waals surface area contributed by atoms with Crippen molar-refractivity contribution in [2.45, 2.75) is 37.5 Å². The molecule has 5 aromatic rings. The highest BCUT2D eigenvalue weighted by atomic mass is 15.0. The fraction of sp³-hybridized carbons (Fsp3) is 0.278. The maximum absolute atomic E-state index is 5.02. The van der Waals surface area contributed by atoms with Gasteiger partial charge in [0.25, 0.3) is 0 Å². The van der Waals surface area contributed by atoms with E-state index in [1.165, 1.54) is 54.4 Å². The molecule has 0 atom stereocenters. The molecule has 40 heavy (non-hydrogen) atoms. The quantitative estimate of drug-likeness (QED) is 0.243. The van der Waals surface area contributed by atoms with Crippen LogP contribution in [0.3, 0.4) is 0 Å². The molecule has 0 aliphatic heterocycles. The highest BCUT2D eigenvalue weighted by Gasteiger charge is 2.61. The zero-order valence-corrected chi connectivity index (χ0v) is 22.4. The van der Waals surface area contributed by atoms with Gasteiger partial charge in [-0.15, -0.1) is 0 Å². The molecule has 10 rings (SSSR count). The van der Waals surface area contributed by atoms with E-state index in [-0.39, 0.29) is 5.41 Å². The average molecular weight is 519 g/mol. The van der Waals surface area contributed by atoms with Gasteiger partial charge in [-0.25, -0.2) is 15.0 Å². The van der Waals surface area contributed by atoms with Crippen molar-refractivity contribution in [2.24, 2.45) is 23.7 Å². The van der Waals surface area contributed by atoms with Crippen molar-refractivity contribution in [3.8, 4) is 45.3 Å². The molecule has 4 saturated carbocycles. The van der Waals surface area contributed by atoms with Crippen LogP contribution in [0.15, 0.2) is 97.3 Å². The van der Waals surface area contributed by atoms with Gasteiger partial charge < -0.3 is 0 Å². The van der Waals surface area contributed by atoms with Crippen LogP contribution < -0.4 is 0 Å². The summed E-state index contributed by atoms with van der Waals surface area (Å²) in [6.45, 7) is 0. The van der Waals surface area contributed by atoms with Crippen molar-refractivity contribution < 1.29 is 0 Å². The zero-order chi connectivity index (χ0) is 26.3. The van der Waals surface area contributed by atoms with Crippen LogP contribution in [0.4, 0.5) is 0 Å². The van der Waals surface area contributed by atoms with Crippen molar-refractivity contribution >= 4 is 0 Å². The number of fused-ring (bicyclic) bond motifs is 3. The molecule has 1 spiro atoms. The Morgan fingerprint density at radius 2 is 1.07 bits per heavy atom. The van der Waals surface area contributed by atoms with E-state index in [9.17, 15) is 0 Å². The Bertz CT molecular complexity index is 1680. The molecule has 5 aliphatic carbocycles. The second kappa shape index (κ2) is 8.41. The van der Waals surface area contributed by atoms with Crippen LogP contribution in [-0.2, 0) is 5.41 Å². The molecule has 5 aliphatic rings. The van der Waals surface area contributed by atoms with Gasteiger partial charge in [0.05, 0.1) is 0 Å². The molecule has 0 N–H and O–H groups in total. The minimum absolute atomic E-state index is 0.142. The van der Waals surface area contributed by atoms with Crippen LogP contribution in [0.1, 0.15) is 43.2 Å². The average Bonchev–Trinajstić information content (AvgIpc) is 3.30. The second-order valence-electron chi connectivity index (χ2n) is 12.4. The predicted molar refractivity (Wildman–Crippen MR) is 157 cm³/mol. The molecule has 194 valence electrons. The lowest BCUT2D eigenvalue weighted by Gasteiger charge is -2.61. The fourth-order valence-electron chi connectivity index (χ4n) is 9.13. The number of hydrogen-bond donors (Lipinski definition) is 0. The lowest BCUT2D eigenvalue weighted by Crippen LogP contribution is -2.55. The summed E-state index contributed by atoms with van der Waals surface area (Å²) in [5.41, 5.74) is 8.85. The van der Waals surface area contributed by atoms with E-state index < -0.39 is 0 Å². The molecule has 3 aromatic carbocycles. The molecule has 4 heteroatoms. The van der Waals surface area contributed by atoms with Gasteiger partial charge in [0.15, 0.2) is 17.5 Å². The van der Waals surface area contributed by atoms with Crippen LogP contribution in [0.2, 0.25) is 0 Å². The van der Waals surface area contributed by atoms with E-state index in [2.05, 4.69) is 59.7 Å². The topological polar surface area (TPSA) is 51.6 Å². The van der Waals surface area contributed by atoms with E-state index in [4.69, 9.17) is 15.0 Å². The van der Waals surface area contributed by atoms with Gasteiger partial charge in [-0.1, -0.05) is 72.8 Å². The van der Waals surface area contributed by atoms with Gasteiger partial charge in [-0.05, 0) is 84.6 Å². The molecule has 4 bridgehead atoms. The molecule has 0 saturated heterocycles. The molecule has 0 amide bonds. The van der Waals surface area contributed by atoms with Crippen molar-refractivity contribution in [3.63, 3.8) is 0 Å². The number of nitrogens with zero attached hydrogens (tertiary/aromatic N) is 4. The van der Waals surface area contributed by atoms with E-state index >= 15 is 0 Å². The molecule has 0 unspecified atom stereocenters. The summed E-state index contributed by atoms with van der Waals surface area (Å²) in [6.07, 6.45) is 11.1. The number of benzene rings is 3. The third-order valence-corrected chi connectivity index (χ3v) is 10.4. The summed E-state index contributed by atoms with van der Waals surface area (Å²) in [5.74, 6) is 5.45. The lowest BCUT2D eigenvalue weighted by molar-refractivity contribution is -0.0399. The lowest BCUT2D eigenvalue weighted by atomic mass is 9.43. The van der Waals surface area contributed by atoms with Crippen LogP contribution in [0, 0.1) is 23.7 Å². The maximum Gasteiger partial charge on any atom is 0.164 e. The molecular weight excluding hydrogens is 488 g/mol. The summed E-state index contributed by atoms with van der Waals surface area (Å²) in [6, 6.07) is 29.8. The summed E-state index contributed by atoms with van der Waals surface area (Å²) in [7, 11) is 0. The van der Waals surface area contributed by atoms with Crippen LogP contribution in [-0.4, -0.2) is 19.9 Å². The van der Waals surface area contributed by atoms with Crippen LogP contribution >= 0.6 is 0 Å². The Kier molecular flexibility index (Phi) is 4.75. The summed E-state index contributed by atoms with van der Waals surface area (Å²) in [4.78, 5) is 19.6. The number of rotatable bonds is 3. The Labute approximate surface area is 234 Å². The summed E-state index contributed by atoms with van der Waals surface area (Å²) in [5, 5.41) is 0. The van der Waals surface area contributed by atoms with Gasteiger partial charge in [0, 0.05) is 40.1 Å². The molecular formula is C36H30N4. The van der Waals surface area contributed by atoms with E-state index in [0.717, 1.165) is 40.4 Å². The van der Waals surface area contributed by atoms with Gasteiger partial charge in [-0.2, -0.15) is 0 Å². The standard InChI is InChI=1S/C36H30N4/c1-3-7-24(8-4-1)33-38-34(25-9-5-2-6-10-25)40-35(39-33)26-11-12-31-29(20-26)30-21-37-14-13-32(30)36(31)27-16-22-15-23(18-27)19-28(36)17-22/h1-14,20-23,27-28H,15-19H2. The van der Waals surface area contributed by atoms with Gasteiger partial charge >= 0.3 is 0 Å². The van der Waals surface area contributed by atoms with Gasteiger partial charge in [-0.3, -0.25) is 4.98 Å². The summed E-state index contributed by atoms with van der Waals surface area (Å²) < 4.78 is 0. The fourth-order valence-corrected chi connectivity index (χ4v) is 9.13. The first-order valence-corrected chi connectivity index (χ1v) is 14.7. The van der Waals surface area contributed by atoms with Crippen LogP contribution in [0.25, 0.3) is 45.3 Å². The highest BCUT2D eigenvalue weighted by Crippen LogP contribution is 2.69. The normalized spacial score (nSPS) is 27.1. The number of pyridine rings is 1. The highest BCUT2D eigenvalue weighted by molar-refractivity contribution is 5.84. The third-order valence-electron chi connectivity index (χ3n) is 10.4. The van der Waals surface area contributed by atoms with Gasteiger partial charge in [0.1, 0.15) is 0 Å². The Morgan fingerprint density at radius 1 is 0.525 bits per heavy atom. The molecule has 2 heterocycles. The molecule has 0 radical (unpaired) electrons. The van der Waals surface area contributed by atoms with E-state index in [1.54, 1.807) is 0 Å². The first-order chi connectivity index (χ1) is 19.8. The van der Waals surface area contributed by atoms with Crippen molar-refractivity contribution in [1.29, 1.82) is 0 Å². The minimum Gasteiger partial charge on any atom is -0.264 e. The SMILES string of the molecule is c1ccc(-c2nc(-c3ccccc3)nc(-c3ccc4c(c3)-c3cnccc3C43C4CC5CC(C4)CC3C5)n2)cc1. The Balaban J connectivity index is 1.23. The Morgan fingerprint density at radius 3 is 1.68 bits per heavy atom.